The Hall–Kier alpha value is 1.03. The minimum absolute atomic E-state index is 1.38. The monoisotopic (exact) mass is 344 g/mol. The Balaban J connectivity index is 0. The van der Waals surface area contributed by atoms with Gasteiger partial charge in [-0.25, -0.2) is 0 Å². The largest absolute Gasteiger partial charge is 0.448 e. The molecule has 70 valence electrons. The van der Waals surface area contributed by atoms with E-state index >= 15 is 0 Å². The van der Waals surface area contributed by atoms with Gasteiger partial charge in [0.2, 0.25) is 0 Å². The van der Waals surface area contributed by atoms with Crippen molar-refractivity contribution in [2.75, 3.05) is 7.11 Å². The molecule has 0 atom stereocenters. The van der Waals surface area contributed by atoms with Gasteiger partial charge in [-0.3, -0.25) is 0 Å². The van der Waals surface area contributed by atoms with Crippen LogP contribution >= 0.6 is 15.9 Å². The van der Waals surface area contributed by atoms with Gasteiger partial charge in [0.05, 0.1) is 0 Å². The molecule has 0 heterocycles. The second-order valence-electron chi connectivity index (χ2n) is 2.75. The zero-order valence-electron chi connectivity index (χ0n) is 6.92. The van der Waals surface area contributed by atoms with Crippen LogP contribution in [0.3, 0.4) is 0 Å². The van der Waals surface area contributed by atoms with Gasteiger partial charge in [0.15, 0.2) is 0 Å². The topological polar surface area (TPSA) is 9.23 Å². The van der Waals surface area contributed by atoms with Crippen LogP contribution < -0.4 is 0 Å². The fourth-order valence-electron chi connectivity index (χ4n) is 0. The number of hydrogen-bond acceptors (Lipinski definition) is 1. The minimum Gasteiger partial charge on any atom is -0.160 e. The van der Waals surface area contributed by atoms with Crippen molar-refractivity contribution in [3.05, 3.63) is 0 Å². The summed E-state index contributed by atoms with van der Waals surface area (Å²) < 4.78 is 36.0. The molecule has 0 aromatic carbocycles. The van der Waals surface area contributed by atoms with E-state index in [9.17, 15) is 13.2 Å². The molecule has 0 aromatic rings. The first-order chi connectivity index (χ1) is 4.56. The summed E-state index contributed by atoms with van der Waals surface area (Å²) in [6.45, 7) is 0. The van der Waals surface area contributed by atoms with Crippen LogP contribution in [0.15, 0.2) is 0 Å². The Bertz CT molecular complexity index is 92.9. The molecule has 1 nitrogen and oxygen atoms in total. The van der Waals surface area contributed by atoms with Crippen LogP contribution in [0.2, 0.25) is 14.8 Å². The van der Waals surface area contributed by atoms with Crippen molar-refractivity contribution >= 4 is 34.7 Å². The van der Waals surface area contributed by atoms with E-state index in [4.69, 9.17) is 3.07 Å². The number of halogens is 4. The van der Waals surface area contributed by atoms with Crippen LogP contribution in [-0.4, -0.2) is 31.0 Å². The van der Waals surface area contributed by atoms with E-state index in [0.717, 1.165) is 0 Å². The van der Waals surface area contributed by atoms with E-state index in [2.05, 4.69) is 14.8 Å². The van der Waals surface area contributed by atoms with E-state index in [1.807, 2.05) is 0 Å². The molecule has 0 unspecified atom stereocenters. The molecule has 0 N–H and O–H groups in total. The molecular weight excluding hydrogens is 332 g/mol. The Kier molecular flexibility index (Phi) is 7.45. The Morgan fingerprint density at radius 2 is 1.27 bits per heavy atom. The molecule has 6 heteroatoms. The summed E-state index contributed by atoms with van der Waals surface area (Å²) in [6, 6.07) is 0. The Morgan fingerprint density at radius 3 is 1.27 bits per heavy atom. The molecule has 0 rings (SSSR count). The molecule has 0 aliphatic rings. The van der Waals surface area contributed by atoms with Crippen LogP contribution in [0.5, 0.6) is 0 Å². The molecule has 0 aromatic heterocycles. The fraction of sp³-hybridized carbons (Fsp3) is 1.00. The van der Waals surface area contributed by atoms with Crippen molar-refractivity contribution in [1.82, 2.24) is 0 Å². The molecule has 0 saturated heterocycles. The van der Waals surface area contributed by atoms with Gasteiger partial charge in [-0.05, 0) is 0 Å². The molecule has 0 aliphatic carbocycles. The fourth-order valence-corrected chi connectivity index (χ4v) is 0. The summed E-state index contributed by atoms with van der Waals surface area (Å²) in [7, 11) is 1.80. The van der Waals surface area contributed by atoms with Gasteiger partial charge >= 0.3 is 48.9 Å². The molecule has 0 bridgehead atoms. The van der Waals surface area contributed by atoms with E-state index in [1.165, 1.54) is 15.9 Å². The first kappa shape index (κ1) is 14.5. The van der Waals surface area contributed by atoms with Gasteiger partial charge in [0, 0.05) is 15.9 Å². The third-order valence-electron chi connectivity index (χ3n) is 0.612. The van der Waals surface area contributed by atoms with Crippen LogP contribution in [-0.2, 0) is 3.07 Å². The molecule has 11 heavy (non-hydrogen) atoms. The molecule has 0 spiro atoms. The van der Waals surface area contributed by atoms with Crippen molar-refractivity contribution in [1.29, 1.82) is 0 Å². The zero-order chi connectivity index (χ0) is 9.71. The van der Waals surface area contributed by atoms with Crippen molar-refractivity contribution in [2.45, 2.75) is 19.9 Å². The van der Waals surface area contributed by atoms with Gasteiger partial charge in [0.1, 0.15) is 0 Å². The van der Waals surface area contributed by atoms with E-state index < -0.39 is 23.9 Å². The third-order valence-corrected chi connectivity index (χ3v) is 4.11. The maximum absolute atomic E-state index is 10.3. The summed E-state index contributed by atoms with van der Waals surface area (Å²) >= 11 is -0.357. The maximum atomic E-state index is 10.3. The van der Waals surface area contributed by atoms with Crippen LogP contribution in [0, 0.1) is 0 Å². The standard InChI is InChI=1S/CBrF3.CH3O.3CH3.Sn/c2-1(3,4)5;1-2;;;;/h;1H3;3*1H3;/q;-1;;;;+1. The summed E-state index contributed by atoms with van der Waals surface area (Å²) in [6.07, 6.45) is 0. The number of hydrogen-bond donors (Lipinski definition) is 0. The van der Waals surface area contributed by atoms with Gasteiger partial charge in [-0.2, -0.15) is 13.2 Å². The molecule has 0 amide bonds. The van der Waals surface area contributed by atoms with Crippen molar-refractivity contribution in [3.63, 3.8) is 0 Å². The van der Waals surface area contributed by atoms with Crippen LogP contribution in [0.1, 0.15) is 0 Å². The first-order valence-electron chi connectivity index (χ1n) is 2.87. The number of alkyl halides is 4. The second-order valence-corrected chi connectivity index (χ2v) is 16.9. The predicted molar refractivity (Wildman–Crippen MR) is 45.3 cm³/mol. The Morgan fingerprint density at radius 1 is 1.18 bits per heavy atom. The zero-order valence-corrected chi connectivity index (χ0v) is 11.4. The molecular formula is C5H12BrF3OSn. The van der Waals surface area contributed by atoms with Crippen LogP contribution in [0.4, 0.5) is 13.2 Å². The normalized spacial score (nSPS) is 12.0. The van der Waals surface area contributed by atoms with Gasteiger partial charge < -0.3 is 0 Å². The molecule has 0 fully saturated rings. The van der Waals surface area contributed by atoms with Crippen molar-refractivity contribution in [2.24, 2.45) is 0 Å². The number of rotatable bonds is 1. The molecule has 0 saturated carbocycles. The van der Waals surface area contributed by atoms with Crippen molar-refractivity contribution in [3.8, 4) is 0 Å². The Labute approximate surface area is 77.8 Å². The molecule has 0 aliphatic heterocycles. The SMILES string of the molecule is C[O][Sn]([CH3])([CH3])[CH3].FC(F)(F)Br. The smallest absolute Gasteiger partial charge is 0.160 e. The van der Waals surface area contributed by atoms with Gasteiger partial charge in [-0.1, -0.05) is 0 Å². The first-order valence-corrected chi connectivity index (χ1v) is 13.4. The van der Waals surface area contributed by atoms with Crippen molar-refractivity contribution < 1.29 is 16.2 Å². The summed E-state index contributed by atoms with van der Waals surface area (Å²) in [5, 5.41) is -4.19. The average molecular weight is 344 g/mol. The summed E-state index contributed by atoms with van der Waals surface area (Å²) in [5.74, 6) is 0. The second kappa shape index (κ2) is 5.64. The van der Waals surface area contributed by atoms with Gasteiger partial charge in [0.25, 0.3) is 0 Å². The average Bonchev–Trinajstić information content (AvgIpc) is 1.59. The quantitative estimate of drug-likeness (QED) is 0.524. The summed E-state index contributed by atoms with van der Waals surface area (Å²) in [4.78, 5) is 6.69. The predicted octanol–water partition coefficient (Wildman–Crippen LogP) is 3.37. The molecule has 0 radical (unpaired) electrons. The van der Waals surface area contributed by atoms with Gasteiger partial charge in [-0.15, -0.1) is 0 Å². The van der Waals surface area contributed by atoms with E-state index in [1.54, 1.807) is 7.11 Å². The summed E-state index contributed by atoms with van der Waals surface area (Å²) in [5.41, 5.74) is 0. The minimum atomic E-state index is -4.19. The van der Waals surface area contributed by atoms with E-state index in [-0.39, 0.29) is 0 Å². The third kappa shape index (κ3) is 55.4. The maximum Gasteiger partial charge on any atom is 0.448 e. The van der Waals surface area contributed by atoms with E-state index in [0.29, 0.717) is 0 Å². The van der Waals surface area contributed by atoms with Crippen LogP contribution in [0.25, 0.3) is 0 Å².